The number of methoxy groups -OCH3 is 1. The highest BCUT2D eigenvalue weighted by Gasteiger charge is 2.20. The second-order valence-electron chi connectivity index (χ2n) is 7.36. The van der Waals surface area contributed by atoms with Crippen LogP contribution < -0.4 is 10.1 Å². The first kappa shape index (κ1) is 20.9. The zero-order valence-corrected chi connectivity index (χ0v) is 17.2. The molecule has 3 rings (SSSR count). The number of anilines is 1. The fraction of sp³-hybridized carbons (Fsp3) is 0.476. The van der Waals surface area contributed by atoms with Gasteiger partial charge in [-0.05, 0) is 43.0 Å². The largest absolute Gasteiger partial charge is 0.497 e. The van der Waals surface area contributed by atoms with Crippen LogP contribution in [0.4, 0.5) is 5.95 Å². The molecule has 1 fully saturated rings. The molecule has 1 aromatic heterocycles. The number of ether oxygens (including phenoxy) is 2. The standard InChI is InChI=1S/C21H28N4O4/c1-15-8-10-25(11-9-15)20(27)14-29-13-19(26)23-21-22-12-18(24(21)2)16-4-6-17(28-3)7-5-16/h4-7,12,15H,8-11,13-14H2,1-3H3,(H,22,23,26). The van der Waals surface area contributed by atoms with Crippen molar-refractivity contribution >= 4 is 17.8 Å². The van der Waals surface area contributed by atoms with E-state index in [9.17, 15) is 9.59 Å². The Morgan fingerprint density at radius 2 is 1.86 bits per heavy atom. The predicted octanol–water partition coefficient (Wildman–Crippen LogP) is 2.31. The summed E-state index contributed by atoms with van der Waals surface area (Å²) in [5.74, 6) is 1.44. The van der Waals surface area contributed by atoms with Crippen LogP contribution >= 0.6 is 0 Å². The normalized spacial score (nSPS) is 14.7. The SMILES string of the molecule is COc1ccc(-c2cnc(NC(=O)COCC(=O)N3CCC(C)CC3)n2C)cc1. The van der Waals surface area contributed by atoms with E-state index in [1.54, 1.807) is 22.8 Å². The number of nitrogens with one attached hydrogen (secondary N) is 1. The molecule has 0 spiro atoms. The molecule has 29 heavy (non-hydrogen) atoms. The van der Waals surface area contributed by atoms with E-state index in [4.69, 9.17) is 9.47 Å². The molecule has 8 nitrogen and oxygen atoms in total. The van der Waals surface area contributed by atoms with E-state index in [2.05, 4.69) is 17.2 Å². The second-order valence-corrected chi connectivity index (χ2v) is 7.36. The lowest BCUT2D eigenvalue weighted by Gasteiger charge is -2.30. The van der Waals surface area contributed by atoms with Crippen molar-refractivity contribution in [3.05, 3.63) is 30.5 Å². The molecule has 0 radical (unpaired) electrons. The van der Waals surface area contributed by atoms with E-state index >= 15 is 0 Å². The molecule has 156 valence electrons. The van der Waals surface area contributed by atoms with Crippen LogP contribution in [0.3, 0.4) is 0 Å². The molecule has 1 aliphatic rings. The number of aromatic nitrogens is 2. The van der Waals surface area contributed by atoms with Crippen LogP contribution in [-0.2, 0) is 21.4 Å². The van der Waals surface area contributed by atoms with E-state index in [1.165, 1.54) is 0 Å². The molecule has 0 unspecified atom stereocenters. The number of carbonyl (C=O) groups is 2. The lowest BCUT2D eigenvalue weighted by Crippen LogP contribution is -2.40. The fourth-order valence-corrected chi connectivity index (χ4v) is 3.30. The molecule has 1 N–H and O–H groups in total. The molecule has 8 heteroatoms. The highest BCUT2D eigenvalue weighted by atomic mass is 16.5. The number of amides is 2. The summed E-state index contributed by atoms with van der Waals surface area (Å²) in [4.78, 5) is 30.4. The van der Waals surface area contributed by atoms with Gasteiger partial charge < -0.3 is 18.9 Å². The Hall–Kier alpha value is -2.87. The van der Waals surface area contributed by atoms with Crippen molar-refractivity contribution in [3.63, 3.8) is 0 Å². The molecule has 0 saturated carbocycles. The fourth-order valence-electron chi connectivity index (χ4n) is 3.30. The molecule has 2 aromatic rings. The van der Waals surface area contributed by atoms with Gasteiger partial charge in [-0.3, -0.25) is 14.9 Å². The summed E-state index contributed by atoms with van der Waals surface area (Å²) in [7, 11) is 3.44. The first-order valence-electron chi connectivity index (χ1n) is 9.79. The highest BCUT2D eigenvalue weighted by Crippen LogP contribution is 2.24. The summed E-state index contributed by atoms with van der Waals surface area (Å²) in [6.07, 6.45) is 3.73. The van der Waals surface area contributed by atoms with Gasteiger partial charge in [-0.15, -0.1) is 0 Å². The van der Waals surface area contributed by atoms with Gasteiger partial charge in [0, 0.05) is 25.7 Å². The molecule has 1 saturated heterocycles. The number of rotatable bonds is 7. The van der Waals surface area contributed by atoms with E-state index in [0.29, 0.717) is 11.9 Å². The predicted molar refractivity (Wildman–Crippen MR) is 110 cm³/mol. The van der Waals surface area contributed by atoms with Crippen LogP contribution in [0, 0.1) is 5.92 Å². The number of piperidine rings is 1. The Morgan fingerprint density at radius 3 is 2.52 bits per heavy atom. The van der Waals surface area contributed by atoms with Crippen molar-refractivity contribution in [1.29, 1.82) is 0 Å². The minimum Gasteiger partial charge on any atom is -0.497 e. The number of hydrogen-bond acceptors (Lipinski definition) is 5. The van der Waals surface area contributed by atoms with Gasteiger partial charge in [0.05, 0.1) is 19.0 Å². The average Bonchev–Trinajstić information content (AvgIpc) is 3.08. The number of benzene rings is 1. The van der Waals surface area contributed by atoms with Gasteiger partial charge >= 0.3 is 0 Å². The van der Waals surface area contributed by atoms with E-state index in [1.807, 2.05) is 31.3 Å². The molecule has 0 atom stereocenters. The lowest BCUT2D eigenvalue weighted by molar-refractivity contribution is -0.138. The van der Waals surface area contributed by atoms with Gasteiger partial charge in [0.15, 0.2) is 0 Å². The molecular weight excluding hydrogens is 372 g/mol. The second kappa shape index (κ2) is 9.56. The van der Waals surface area contributed by atoms with Crippen LogP contribution in [0.1, 0.15) is 19.8 Å². The topological polar surface area (TPSA) is 85.7 Å². The lowest BCUT2D eigenvalue weighted by atomic mass is 9.99. The zero-order chi connectivity index (χ0) is 20.8. The monoisotopic (exact) mass is 400 g/mol. The molecule has 2 heterocycles. The first-order valence-corrected chi connectivity index (χ1v) is 9.79. The van der Waals surface area contributed by atoms with Gasteiger partial charge in [0.1, 0.15) is 19.0 Å². The molecular formula is C21H28N4O4. The number of carbonyl (C=O) groups excluding carboxylic acids is 2. The van der Waals surface area contributed by atoms with Gasteiger partial charge in [0.25, 0.3) is 5.91 Å². The summed E-state index contributed by atoms with van der Waals surface area (Å²) < 4.78 is 12.3. The Morgan fingerprint density at radius 1 is 1.17 bits per heavy atom. The molecule has 0 aliphatic carbocycles. The third-order valence-electron chi connectivity index (χ3n) is 5.22. The summed E-state index contributed by atoms with van der Waals surface area (Å²) in [6.45, 7) is 3.44. The van der Waals surface area contributed by atoms with Crippen molar-refractivity contribution in [2.45, 2.75) is 19.8 Å². The van der Waals surface area contributed by atoms with Gasteiger partial charge in [-0.1, -0.05) is 6.92 Å². The van der Waals surface area contributed by atoms with Crippen molar-refractivity contribution in [1.82, 2.24) is 14.5 Å². The minimum absolute atomic E-state index is 0.0662. The molecule has 0 bridgehead atoms. The van der Waals surface area contributed by atoms with E-state index in [0.717, 1.165) is 42.9 Å². The summed E-state index contributed by atoms with van der Waals surface area (Å²) >= 11 is 0. The number of likely N-dealkylation sites (tertiary alicyclic amines) is 1. The average molecular weight is 400 g/mol. The van der Waals surface area contributed by atoms with Crippen molar-refractivity contribution in [3.8, 4) is 17.0 Å². The van der Waals surface area contributed by atoms with Crippen LogP contribution in [0.15, 0.2) is 30.5 Å². The summed E-state index contributed by atoms with van der Waals surface area (Å²) in [5, 5.41) is 2.72. The number of imidazole rings is 1. The maximum atomic E-state index is 12.2. The van der Waals surface area contributed by atoms with Crippen LogP contribution in [-0.4, -0.2) is 59.7 Å². The molecule has 1 aliphatic heterocycles. The van der Waals surface area contributed by atoms with Gasteiger partial charge in [0.2, 0.25) is 11.9 Å². The van der Waals surface area contributed by atoms with Crippen LogP contribution in [0.2, 0.25) is 0 Å². The third-order valence-corrected chi connectivity index (χ3v) is 5.22. The maximum absolute atomic E-state index is 12.2. The molecule has 1 aromatic carbocycles. The van der Waals surface area contributed by atoms with Crippen LogP contribution in [0.5, 0.6) is 5.75 Å². The number of nitrogens with zero attached hydrogens (tertiary/aromatic N) is 3. The Kier molecular flexibility index (Phi) is 6.87. The minimum atomic E-state index is -0.347. The van der Waals surface area contributed by atoms with Gasteiger partial charge in [-0.25, -0.2) is 4.98 Å². The van der Waals surface area contributed by atoms with Crippen molar-refractivity contribution in [2.75, 3.05) is 38.7 Å². The van der Waals surface area contributed by atoms with E-state index < -0.39 is 0 Å². The van der Waals surface area contributed by atoms with Crippen LogP contribution in [0.25, 0.3) is 11.3 Å². The Balaban J connectivity index is 1.48. The van der Waals surface area contributed by atoms with Crippen molar-refractivity contribution in [2.24, 2.45) is 13.0 Å². The summed E-state index contributed by atoms with van der Waals surface area (Å²) in [5.41, 5.74) is 1.82. The smallest absolute Gasteiger partial charge is 0.252 e. The molecule has 2 amide bonds. The van der Waals surface area contributed by atoms with Crippen molar-refractivity contribution < 1.29 is 19.1 Å². The Labute approximate surface area is 170 Å². The highest BCUT2D eigenvalue weighted by molar-refractivity contribution is 5.90. The third kappa shape index (κ3) is 5.35. The Bertz CT molecular complexity index is 839. The maximum Gasteiger partial charge on any atom is 0.252 e. The number of hydrogen-bond donors (Lipinski definition) is 1. The van der Waals surface area contributed by atoms with E-state index in [-0.39, 0.29) is 25.0 Å². The summed E-state index contributed by atoms with van der Waals surface area (Å²) in [6, 6.07) is 7.60. The first-order chi connectivity index (χ1) is 14.0. The van der Waals surface area contributed by atoms with Gasteiger partial charge in [-0.2, -0.15) is 0 Å². The quantitative estimate of drug-likeness (QED) is 0.771. The zero-order valence-electron chi connectivity index (χ0n) is 17.2.